The Morgan fingerprint density at radius 3 is 1.52 bits per heavy atom. The molecule has 4 atom stereocenters. The zero-order valence-electron chi connectivity index (χ0n) is 13.9. The largest absolute Gasteiger partial charge is 0.473 e. The van der Waals surface area contributed by atoms with E-state index in [0.717, 1.165) is 51.4 Å². The SMILES string of the molecule is CCC1CCC1(CC)OP(=O)(O)OC1(CC)CCC1CC. The Balaban J connectivity index is 2.06. The molecule has 2 saturated carbocycles. The smallest absolute Gasteiger partial charge is 0.302 e. The Labute approximate surface area is 129 Å². The van der Waals surface area contributed by atoms with Crippen molar-refractivity contribution in [1.82, 2.24) is 0 Å². The van der Waals surface area contributed by atoms with Crippen molar-refractivity contribution in [1.29, 1.82) is 0 Å². The summed E-state index contributed by atoms with van der Waals surface area (Å²) in [6, 6.07) is 0. The number of hydrogen-bond acceptors (Lipinski definition) is 3. The van der Waals surface area contributed by atoms with Crippen LogP contribution in [0.5, 0.6) is 0 Å². The third-order valence-electron chi connectivity index (χ3n) is 6.10. The molecule has 124 valence electrons. The molecule has 21 heavy (non-hydrogen) atoms. The Bertz CT molecular complexity index is 367. The van der Waals surface area contributed by atoms with Crippen LogP contribution in [0.4, 0.5) is 0 Å². The first kappa shape index (κ1) is 17.5. The predicted molar refractivity (Wildman–Crippen MR) is 84.1 cm³/mol. The molecule has 2 fully saturated rings. The van der Waals surface area contributed by atoms with Crippen LogP contribution < -0.4 is 0 Å². The van der Waals surface area contributed by atoms with E-state index in [1.54, 1.807) is 0 Å². The van der Waals surface area contributed by atoms with Crippen molar-refractivity contribution in [3.63, 3.8) is 0 Å². The van der Waals surface area contributed by atoms with Crippen LogP contribution in [0.25, 0.3) is 0 Å². The molecule has 0 amide bonds. The summed E-state index contributed by atoms with van der Waals surface area (Å²) >= 11 is 0. The van der Waals surface area contributed by atoms with Crippen LogP contribution in [0.15, 0.2) is 0 Å². The monoisotopic (exact) mass is 318 g/mol. The van der Waals surface area contributed by atoms with Gasteiger partial charge >= 0.3 is 7.82 Å². The lowest BCUT2D eigenvalue weighted by Crippen LogP contribution is -2.51. The van der Waals surface area contributed by atoms with Crippen LogP contribution in [0.2, 0.25) is 0 Å². The van der Waals surface area contributed by atoms with Crippen LogP contribution in [0.1, 0.15) is 79.1 Å². The van der Waals surface area contributed by atoms with E-state index in [0.29, 0.717) is 11.8 Å². The van der Waals surface area contributed by atoms with Gasteiger partial charge in [0.2, 0.25) is 0 Å². The minimum Gasteiger partial charge on any atom is -0.302 e. The van der Waals surface area contributed by atoms with Gasteiger partial charge < -0.3 is 4.89 Å². The van der Waals surface area contributed by atoms with E-state index in [9.17, 15) is 9.46 Å². The summed E-state index contributed by atoms with van der Waals surface area (Å²) in [6.45, 7) is 8.31. The normalized spacial score (nSPS) is 42.0. The maximum absolute atomic E-state index is 12.6. The van der Waals surface area contributed by atoms with E-state index in [1.165, 1.54) is 0 Å². The van der Waals surface area contributed by atoms with Crippen molar-refractivity contribution in [2.45, 2.75) is 90.3 Å². The number of rotatable bonds is 8. The summed E-state index contributed by atoms with van der Waals surface area (Å²) < 4.78 is 24.0. The first-order chi connectivity index (χ1) is 9.87. The third kappa shape index (κ3) is 3.10. The summed E-state index contributed by atoms with van der Waals surface area (Å²) in [5.41, 5.74) is -0.890. The standard InChI is InChI=1S/C16H31O4P/c1-5-13-9-11-15(13,7-3)19-21(17,18)20-16(8-4)12-10-14(16)6-2/h13-14H,5-12H2,1-4H3,(H,17,18). The molecule has 0 bridgehead atoms. The van der Waals surface area contributed by atoms with Gasteiger partial charge in [0.25, 0.3) is 0 Å². The minimum absolute atomic E-state index is 0.382. The molecule has 2 aliphatic carbocycles. The fraction of sp³-hybridized carbons (Fsp3) is 1.00. The second-order valence-electron chi connectivity index (χ2n) is 6.78. The van der Waals surface area contributed by atoms with Gasteiger partial charge in [0.15, 0.2) is 0 Å². The molecule has 0 heterocycles. The van der Waals surface area contributed by atoms with E-state index in [1.807, 2.05) is 13.8 Å². The van der Waals surface area contributed by atoms with Gasteiger partial charge in [-0.15, -0.1) is 0 Å². The van der Waals surface area contributed by atoms with Crippen molar-refractivity contribution in [3.05, 3.63) is 0 Å². The van der Waals surface area contributed by atoms with Crippen LogP contribution in [0, 0.1) is 11.8 Å². The van der Waals surface area contributed by atoms with Crippen molar-refractivity contribution in [2.24, 2.45) is 11.8 Å². The van der Waals surface area contributed by atoms with Crippen molar-refractivity contribution in [3.8, 4) is 0 Å². The molecule has 4 unspecified atom stereocenters. The van der Waals surface area contributed by atoms with Crippen LogP contribution in [-0.2, 0) is 13.6 Å². The van der Waals surface area contributed by atoms with Gasteiger partial charge in [0, 0.05) is 0 Å². The maximum Gasteiger partial charge on any atom is 0.473 e. The highest BCUT2D eigenvalue weighted by molar-refractivity contribution is 7.47. The molecule has 2 rings (SSSR count). The van der Waals surface area contributed by atoms with Gasteiger partial charge in [0.1, 0.15) is 0 Å². The lowest BCUT2D eigenvalue weighted by Gasteiger charge is -2.52. The molecule has 0 aliphatic heterocycles. The summed E-state index contributed by atoms with van der Waals surface area (Å²) in [6.07, 6.45) is 7.43. The molecule has 0 aromatic heterocycles. The zero-order valence-corrected chi connectivity index (χ0v) is 14.8. The molecule has 2 aliphatic rings. The van der Waals surface area contributed by atoms with Crippen LogP contribution >= 0.6 is 7.82 Å². The second kappa shape index (κ2) is 6.31. The van der Waals surface area contributed by atoms with Crippen molar-refractivity contribution >= 4 is 7.82 Å². The second-order valence-corrected chi connectivity index (χ2v) is 8.08. The molecule has 0 spiro atoms. The van der Waals surface area contributed by atoms with E-state index in [4.69, 9.17) is 9.05 Å². The molecule has 1 N–H and O–H groups in total. The highest BCUT2D eigenvalue weighted by Gasteiger charge is 2.54. The topological polar surface area (TPSA) is 55.8 Å². The third-order valence-corrected chi connectivity index (χ3v) is 7.29. The average molecular weight is 318 g/mol. The van der Waals surface area contributed by atoms with Crippen molar-refractivity contribution in [2.75, 3.05) is 0 Å². The first-order valence-electron chi connectivity index (χ1n) is 8.61. The maximum atomic E-state index is 12.6. The number of phosphoric acid groups is 1. The lowest BCUT2D eigenvalue weighted by molar-refractivity contribution is -0.135. The van der Waals surface area contributed by atoms with Gasteiger partial charge in [-0.05, 0) is 50.4 Å². The predicted octanol–water partition coefficient (Wildman–Crippen LogP) is 5.06. The Kier molecular flexibility index (Phi) is 5.25. The quantitative estimate of drug-likeness (QED) is 0.636. The lowest BCUT2D eigenvalue weighted by atomic mass is 9.67. The molecule has 5 heteroatoms. The summed E-state index contributed by atoms with van der Waals surface area (Å²) in [4.78, 5) is 10.3. The fourth-order valence-corrected chi connectivity index (χ4v) is 5.97. The molecule has 0 aromatic rings. The first-order valence-corrected chi connectivity index (χ1v) is 10.1. The van der Waals surface area contributed by atoms with Crippen LogP contribution in [-0.4, -0.2) is 16.1 Å². The van der Waals surface area contributed by atoms with Crippen LogP contribution in [0.3, 0.4) is 0 Å². The highest BCUT2D eigenvalue weighted by atomic mass is 31.2. The van der Waals surface area contributed by atoms with E-state index < -0.39 is 19.0 Å². The zero-order chi connectivity index (χ0) is 15.7. The molecule has 0 radical (unpaired) electrons. The Hall–Kier alpha value is 0.110. The fourth-order valence-electron chi connectivity index (χ4n) is 4.27. The Morgan fingerprint density at radius 1 is 0.952 bits per heavy atom. The summed E-state index contributed by atoms with van der Waals surface area (Å²) in [5, 5.41) is 0. The van der Waals surface area contributed by atoms with Gasteiger partial charge in [-0.2, -0.15) is 0 Å². The summed E-state index contributed by atoms with van der Waals surface area (Å²) in [7, 11) is -4.00. The van der Waals surface area contributed by atoms with E-state index in [-0.39, 0.29) is 0 Å². The van der Waals surface area contributed by atoms with Gasteiger partial charge in [-0.25, -0.2) is 4.57 Å². The van der Waals surface area contributed by atoms with E-state index in [2.05, 4.69) is 13.8 Å². The molecule has 4 nitrogen and oxygen atoms in total. The van der Waals surface area contributed by atoms with Gasteiger partial charge in [-0.1, -0.05) is 40.5 Å². The Morgan fingerprint density at radius 2 is 1.33 bits per heavy atom. The highest BCUT2D eigenvalue weighted by Crippen LogP contribution is 2.62. The van der Waals surface area contributed by atoms with Crippen molar-refractivity contribution < 1.29 is 18.5 Å². The van der Waals surface area contributed by atoms with Gasteiger partial charge in [0.05, 0.1) is 11.2 Å². The number of hydrogen-bond donors (Lipinski definition) is 1. The molecular formula is C16H31O4P. The minimum atomic E-state index is -4.00. The molecule has 0 aromatic carbocycles. The number of phosphoric ester groups is 1. The average Bonchev–Trinajstić information content (AvgIpc) is 2.41. The molecular weight excluding hydrogens is 287 g/mol. The van der Waals surface area contributed by atoms with Gasteiger partial charge in [-0.3, -0.25) is 9.05 Å². The summed E-state index contributed by atoms with van der Waals surface area (Å²) in [5.74, 6) is 0.764. The molecule has 0 saturated heterocycles. The van der Waals surface area contributed by atoms with E-state index >= 15 is 0 Å².